The molecular formula is C13H8N4O4. The second-order valence-electron chi connectivity index (χ2n) is 4.22. The standard InChI is InChI=1S/C13H8N4O4/c18-12-11-8(4-3-5-9(11)17(20)21)15-13(19)16(12)10-6-1-2-7-14-10/h1-7H,(H,15,19). The average Bonchev–Trinajstić information content (AvgIpc) is 2.47. The van der Waals surface area contributed by atoms with Crippen LogP contribution in [-0.2, 0) is 0 Å². The van der Waals surface area contributed by atoms with Gasteiger partial charge in [0.15, 0.2) is 0 Å². The van der Waals surface area contributed by atoms with E-state index in [-0.39, 0.29) is 22.4 Å². The highest BCUT2D eigenvalue weighted by atomic mass is 16.6. The second kappa shape index (κ2) is 4.67. The fourth-order valence-corrected chi connectivity index (χ4v) is 2.09. The maximum Gasteiger partial charge on any atom is 0.334 e. The van der Waals surface area contributed by atoms with Crippen molar-refractivity contribution in [1.29, 1.82) is 0 Å². The molecule has 8 heteroatoms. The second-order valence-corrected chi connectivity index (χ2v) is 4.22. The molecule has 0 radical (unpaired) electrons. The molecule has 0 fully saturated rings. The Morgan fingerprint density at radius 1 is 1.14 bits per heavy atom. The van der Waals surface area contributed by atoms with Gasteiger partial charge in [0.1, 0.15) is 11.2 Å². The zero-order valence-corrected chi connectivity index (χ0v) is 10.5. The van der Waals surface area contributed by atoms with Crippen molar-refractivity contribution in [2.45, 2.75) is 0 Å². The third-order valence-electron chi connectivity index (χ3n) is 2.98. The molecule has 0 saturated heterocycles. The van der Waals surface area contributed by atoms with Crippen LogP contribution in [0.25, 0.3) is 16.7 Å². The summed E-state index contributed by atoms with van der Waals surface area (Å²) in [6, 6.07) is 8.76. The predicted molar refractivity (Wildman–Crippen MR) is 74.6 cm³/mol. The summed E-state index contributed by atoms with van der Waals surface area (Å²) in [6.45, 7) is 0. The number of pyridine rings is 1. The molecule has 3 aromatic rings. The summed E-state index contributed by atoms with van der Waals surface area (Å²) in [6.07, 6.45) is 1.42. The fraction of sp³-hybridized carbons (Fsp3) is 0. The van der Waals surface area contributed by atoms with Crippen LogP contribution < -0.4 is 11.2 Å². The van der Waals surface area contributed by atoms with E-state index >= 15 is 0 Å². The summed E-state index contributed by atoms with van der Waals surface area (Å²) in [5, 5.41) is 10.9. The zero-order chi connectivity index (χ0) is 15.0. The Morgan fingerprint density at radius 2 is 1.95 bits per heavy atom. The third-order valence-corrected chi connectivity index (χ3v) is 2.98. The molecule has 104 valence electrons. The lowest BCUT2D eigenvalue weighted by Crippen LogP contribution is -2.34. The molecule has 21 heavy (non-hydrogen) atoms. The highest BCUT2D eigenvalue weighted by molar-refractivity contribution is 5.86. The number of rotatable bonds is 2. The summed E-state index contributed by atoms with van der Waals surface area (Å²) in [5.74, 6) is 0.101. The molecule has 0 bridgehead atoms. The largest absolute Gasteiger partial charge is 0.334 e. The van der Waals surface area contributed by atoms with Crippen molar-refractivity contribution in [2.75, 3.05) is 0 Å². The van der Waals surface area contributed by atoms with Crippen LogP contribution in [0.5, 0.6) is 0 Å². The van der Waals surface area contributed by atoms with Gasteiger partial charge in [0, 0.05) is 12.3 Å². The van der Waals surface area contributed by atoms with E-state index in [9.17, 15) is 19.7 Å². The van der Waals surface area contributed by atoms with Gasteiger partial charge in [0.2, 0.25) is 0 Å². The van der Waals surface area contributed by atoms with Crippen molar-refractivity contribution in [3.63, 3.8) is 0 Å². The monoisotopic (exact) mass is 284 g/mol. The van der Waals surface area contributed by atoms with Crippen LogP contribution in [0.15, 0.2) is 52.2 Å². The molecule has 1 N–H and O–H groups in total. The van der Waals surface area contributed by atoms with E-state index in [2.05, 4.69) is 9.97 Å². The van der Waals surface area contributed by atoms with Crippen LogP contribution in [0.2, 0.25) is 0 Å². The molecule has 0 unspecified atom stereocenters. The summed E-state index contributed by atoms with van der Waals surface area (Å²) >= 11 is 0. The molecule has 3 rings (SSSR count). The van der Waals surface area contributed by atoms with Crippen LogP contribution in [0.1, 0.15) is 0 Å². The quantitative estimate of drug-likeness (QED) is 0.557. The number of nitro groups is 1. The molecule has 2 heterocycles. The number of hydrogen-bond acceptors (Lipinski definition) is 5. The molecule has 0 amide bonds. The first-order chi connectivity index (χ1) is 10.1. The van der Waals surface area contributed by atoms with Crippen molar-refractivity contribution in [3.8, 4) is 5.82 Å². The van der Waals surface area contributed by atoms with Gasteiger partial charge in [0.05, 0.1) is 10.4 Å². The van der Waals surface area contributed by atoms with E-state index < -0.39 is 16.2 Å². The van der Waals surface area contributed by atoms with Crippen LogP contribution in [0.3, 0.4) is 0 Å². The lowest BCUT2D eigenvalue weighted by atomic mass is 10.2. The van der Waals surface area contributed by atoms with Gasteiger partial charge in [-0.25, -0.2) is 14.3 Å². The van der Waals surface area contributed by atoms with Gasteiger partial charge in [-0.05, 0) is 18.2 Å². The number of aromatic amines is 1. The predicted octanol–water partition coefficient (Wildman–Crippen LogP) is 0.982. The highest BCUT2D eigenvalue weighted by Crippen LogP contribution is 2.19. The van der Waals surface area contributed by atoms with Gasteiger partial charge in [-0.3, -0.25) is 14.9 Å². The Kier molecular flexibility index (Phi) is 2.83. The Hall–Kier alpha value is -3.29. The minimum Gasteiger partial charge on any atom is -0.306 e. The molecule has 0 atom stereocenters. The maximum atomic E-state index is 12.5. The first kappa shape index (κ1) is 12.7. The first-order valence-electron chi connectivity index (χ1n) is 5.93. The van der Waals surface area contributed by atoms with Gasteiger partial charge in [-0.1, -0.05) is 12.1 Å². The van der Waals surface area contributed by atoms with Crippen LogP contribution >= 0.6 is 0 Å². The summed E-state index contributed by atoms with van der Waals surface area (Å²) in [4.78, 5) is 41.3. The number of hydrogen-bond donors (Lipinski definition) is 1. The van der Waals surface area contributed by atoms with E-state index in [0.717, 1.165) is 4.57 Å². The van der Waals surface area contributed by atoms with Crippen LogP contribution in [0.4, 0.5) is 5.69 Å². The molecule has 1 aromatic carbocycles. The molecule has 0 aliphatic rings. The van der Waals surface area contributed by atoms with Crippen molar-refractivity contribution in [2.24, 2.45) is 0 Å². The number of H-pyrrole nitrogens is 1. The Bertz CT molecular complexity index is 959. The average molecular weight is 284 g/mol. The van der Waals surface area contributed by atoms with Crippen LogP contribution in [-0.4, -0.2) is 19.5 Å². The minimum absolute atomic E-state index is 0.101. The van der Waals surface area contributed by atoms with Gasteiger partial charge < -0.3 is 4.98 Å². The minimum atomic E-state index is -0.778. The van der Waals surface area contributed by atoms with Crippen molar-refractivity contribution < 1.29 is 4.92 Å². The number of aromatic nitrogens is 3. The van der Waals surface area contributed by atoms with Gasteiger partial charge >= 0.3 is 5.69 Å². The van der Waals surface area contributed by atoms with Crippen molar-refractivity contribution >= 4 is 16.6 Å². The lowest BCUT2D eigenvalue weighted by molar-refractivity contribution is -0.383. The van der Waals surface area contributed by atoms with Gasteiger partial charge in [-0.15, -0.1) is 0 Å². The molecule has 2 aromatic heterocycles. The van der Waals surface area contributed by atoms with E-state index in [1.165, 1.54) is 30.5 Å². The first-order valence-corrected chi connectivity index (χ1v) is 5.93. The normalized spacial score (nSPS) is 10.7. The molecule has 0 saturated carbocycles. The SMILES string of the molecule is O=c1[nH]c2cccc([N+](=O)[O-])c2c(=O)n1-c1ccccn1. The number of fused-ring (bicyclic) bond motifs is 1. The Labute approximate surface area is 116 Å². The summed E-state index contributed by atoms with van der Waals surface area (Å²) in [5.41, 5.74) is -1.73. The zero-order valence-electron chi connectivity index (χ0n) is 10.5. The number of non-ortho nitro benzene ring substituents is 1. The molecule has 0 aliphatic heterocycles. The van der Waals surface area contributed by atoms with Crippen molar-refractivity contribution in [3.05, 3.63) is 73.5 Å². The highest BCUT2D eigenvalue weighted by Gasteiger charge is 2.19. The topological polar surface area (TPSA) is 111 Å². The van der Waals surface area contributed by atoms with E-state index in [1.807, 2.05) is 0 Å². The number of nitrogens with zero attached hydrogens (tertiary/aromatic N) is 3. The fourth-order valence-electron chi connectivity index (χ4n) is 2.09. The lowest BCUT2D eigenvalue weighted by Gasteiger charge is -2.05. The summed E-state index contributed by atoms with van der Waals surface area (Å²) in [7, 11) is 0. The van der Waals surface area contributed by atoms with E-state index in [4.69, 9.17) is 0 Å². The maximum absolute atomic E-state index is 12.5. The molecule has 0 aliphatic carbocycles. The Balaban J connectivity index is 2.49. The third kappa shape index (κ3) is 1.98. The Morgan fingerprint density at radius 3 is 2.62 bits per heavy atom. The van der Waals surface area contributed by atoms with E-state index in [1.54, 1.807) is 12.1 Å². The van der Waals surface area contributed by atoms with E-state index in [0.29, 0.717) is 0 Å². The summed E-state index contributed by atoms with van der Waals surface area (Å²) < 4.78 is 0.773. The van der Waals surface area contributed by atoms with Crippen LogP contribution in [0, 0.1) is 10.1 Å². The molecule has 8 nitrogen and oxygen atoms in total. The van der Waals surface area contributed by atoms with Gasteiger partial charge in [-0.2, -0.15) is 0 Å². The number of nitrogens with one attached hydrogen (secondary N) is 1. The smallest absolute Gasteiger partial charge is 0.306 e. The number of benzene rings is 1. The number of nitro benzene ring substituents is 1. The van der Waals surface area contributed by atoms with Crippen molar-refractivity contribution in [1.82, 2.24) is 14.5 Å². The molecule has 0 spiro atoms. The molecular weight excluding hydrogens is 276 g/mol. The van der Waals surface area contributed by atoms with Gasteiger partial charge in [0.25, 0.3) is 11.2 Å².